The third kappa shape index (κ3) is 4.08. The molecule has 0 unspecified atom stereocenters. The predicted molar refractivity (Wildman–Crippen MR) is 97.3 cm³/mol. The molecule has 5 nitrogen and oxygen atoms in total. The summed E-state index contributed by atoms with van der Waals surface area (Å²) in [6.07, 6.45) is 0.465. The lowest BCUT2D eigenvalue weighted by atomic mass is 10.1. The van der Waals surface area contributed by atoms with Crippen molar-refractivity contribution in [3.05, 3.63) is 64.6 Å². The van der Waals surface area contributed by atoms with Crippen LogP contribution in [0.1, 0.15) is 24.9 Å². The second-order valence-corrected chi connectivity index (χ2v) is 6.75. The molecule has 0 saturated carbocycles. The Kier molecular flexibility index (Phi) is 5.05. The van der Waals surface area contributed by atoms with Crippen molar-refractivity contribution in [2.45, 2.75) is 24.3 Å². The summed E-state index contributed by atoms with van der Waals surface area (Å²) >= 11 is 1.67. The van der Waals surface area contributed by atoms with Crippen molar-refractivity contribution >= 4 is 28.7 Å². The maximum atomic E-state index is 12.1. The molecule has 0 saturated heterocycles. The Labute approximate surface area is 143 Å². The van der Waals surface area contributed by atoms with E-state index in [2.05, 4.69) is 15.3 Å². The van der Waals surface area contributed by atoms with Gasteiger partial charge in [0.25, 0.3) is 0 Å². The number of nitrogens with one attached hydrogen (secondary N) is 3. The number of aromatic nitrogens is 2. The van der Waals surface area contributed by atoms with Crippen molar-refractivity contribution < 1.29 is 4.79 Å². The minimum Gasteiger partial charge on any atom is -0.350 e. The zero-order valence-electron chi connectivity index (χ0n) is 13.3. The van der Waals surface area contributed by atoms with Crippen LogP contribution in [0.25, 0.3) is 11.0 Å². The van der Waals surface area contributed by atoms with Gasteiger partial charge in [0.2, 0.25) is 5.91 Å². The number of benzene rings is 2. The van der Waals surface area contributed by atoms with E-state index >= 15 is 0 Å². The lowest BCUT2D eigenvalue weighted by Crippen LogP contribution is -2.26. The summed E-state index contributed by atoms with van der Waals surface area (Å²) in [6.45, 7) is 1.94. The van der Waals surface area contributed by atoms with Crippen LogP contribution in [0.15, 0.2) is 58.2 Å². The van der Waals surface area contributed by atoms with E-state index in [1.54, 1.807) is 11.8 Å². The van der Waals surface area contributed by atoms with Gasteiger partial charge in [0.15, 0.2) is 0 Å². The maximum absolute atomic E-state index is 12.1. The molecule has 1 aromatic heterocycles. The molecular weight excluding hydrogens is 322 g/mol. The minimum atomic E-state index is -0.225. The average molecular weight is 341 g/mol. The summed E-state index contributed by atoms with van der Waals surface area (Å²) in [5.74, 6) is 0.765. The highest BCUT2D eigenvalue weighted by molar-refractivity contribution is 7.99. The third-order valence-electron chi connectivity index (χ3n) is 3.76. The molecule has 124 valence electrons. The first-order chi connectivity index (χ1) is 11.6. The molecule has 24 heavy (non-hydrogen) atoms. The van der Waals surface area contributed by atoms with Gasteiger partial charge in [-0.2, -0.15) is 0 Å². The van der Waals surface area contributed by atoms with Crippen LogP contribution in [0.2, 0.25) is 0 Å². The highest BCUT2D eigenvalue weighted by Crippen LogP contribution is 2.19. The molecule has 3 aromatic rings. The summed E-state index contributed by atoms with van der Waals surface area (Å²) in [5.41, 5.74) is 2.25. The number of fused-ring (bicyclic) bond motifs is 1. The molecule has 3 rings (SSSR count). The van der Waals surface area contributed by atoms with Gasteiger partial charge in [0.1, 0.15) is 0 Å². The molecule has 0 bridgehead atoms. The second kappa shape index (κ2) is 7.40. The Hall–Kier alpha value is -2.47. The van der Waals surface area contributed by atoms with E-state index in [1.165, 1.54) is 4.90 Å². The van der Waals surface area contributed by atoms with Crippen LogP contribution in [-0.4, -0.2) is 21.6 Å². The van der Waals surface area contributed by atoms with Crippen molar-refractivity contribution in [3.63, 3.8) is 0 Å². The highest BCUT2D eigenvalue weighted by Gasteiger charge is 2.11. The summed E-state index contributed by atoms with van der Waals surface area (Å²) < 4.78 is 0. The molecule has 6 heteroatoms. The number of rotatable bonds is 6. The first kappa shape index (κ1) is 16.4. The summed E-state index contributed by atoms with van der Waals surface area (Å²) in [6, 6.07) is 15.6. The van der Waals surface area contributed by atoms with Crippen molar-refractivity contribution in [1.29, 1.82) is 0 Å². The molecule has 0 fully saturated rings. The first-order valence-electron chi connectivity index (χ1n) is 7.81. The molecule has 0 aliphatic carbocycles. The van der Waals surface area contributed by atoms with Gasteiger partial charge in [-0.05, 0) is 36.8 Å². The van der Waals surface area contributed by atoms with Gasteiger partial charge in [0.05, 0.1) is 17.1 Å². The minimum absolute atomic E-state index is 0.0218. The fraction of sp³-hybridized carbons (Fsp3) is 0.222. The van der Waals surface area contributed by atoms with E-state index in [9.17, 15) is 9.59 Å². The van der Waals surface area contributed by atoms with Crippen LogP contribution < -0.4 is 11.0 Å². The van der Waals surface area contributed by atoms with Crippen LogP contribution in [0.3, 0.4) is 0 Å². The van der Waals surface area contributed by atoms with Crippen molar-refractivity contribution in [3.8, 4) is 0 Å². The molecule has 3 N–H and O–H groups in total. The summed E-state index contributed by atoms with van der Waals surface area (Å²) in [7, 11) is 0. The van der Waals surface area contributed by atoms with Crippen LogP contribution >= 0.6 is 11.8 Å². The molecule has 0 aliphatic rings. The molecule has 1 atom stereocenters. The number of H-pyrrole nitrogens is 2. The van der Waals surface area contributed by atoms with Crippen LogP contribution in [0.4, 0.5) is 0 Å². The van der Waals surface area contributed by atoms with Gasteiger partial charge in [-0.3, -0.25) is 4.79 Å². The Morgan fingerprint density at radius 3 is 2.67 bits per heavy atom. The number of aromatic amines is 2. The van der Waals surface area contributed by atoms with Gasteiger partial charge < -0.3 is 15.3 Å². The maximum Gasteiger partial charge on any atom is 0.323 e. The lowest BCUT2D eigenvalue weighted by Gasteiger charge is -2.14. The van der Waals surface area contributed by atoms with E-state index in [-0.39, 0.29) is 17.6 Å². The number of thioether (sulfide) groups is 1. The molecule has 2 aromatic carbocycles. The Balaban J connectivity index is 1.53. The smallest absolute Gasteiger partial charge is 0.323 e. The van der Waals surface area contributed by atoms with E-state index in [4.69, 9.17) is 0 Å². The fourth-order valence-corrected chi connectivity index (χ4v) is 3.37. The van der Waals surface area contributed by atoms with Gasteiger partial charge in [-0.1, -0.05) is 24.3 Å². The lowest BCUT2D eigenvalue weighted by molar-refractivity contribution is -0.121. The normalized spacial score (nSPS) is 12.2. The first-order valence-corrected chi connectivity index (χ1v) is 8.79. The van der Waals surface area contributed by atoms with Gasteiger partial charge in [-0.15, -0.1) is 11.8 Å². The van der Waals surface area contributed by atoms with E-state index < -0.39 is 0 Å². The monoisotopic (exact) mass is 341 g/mol. The number of imidazole rings is 1. The van der Waals surface area contributed by atoms with E-state index in [0.29, 0.717) is 6.42 Å². The predicted octanol–water partition coefficient (Wildman–Crippen LogP) is 3.22. The SMILES string of the molecule is C[C@H](NC(=O)CCSc1ccccc1)c1ccc2[nH]c(=O)[nH]c2c1. The van der Waals surface area contributed by atoms with E-state index in [1.807, 2.05) is 55.5 Å². The summed E-state index contributed by atoms with van der Waals surface area (Å²) in [5, 5.41) is 3.00. The zero-order valence-corrected chi connectivity index (χ0v) is 14.2. The van der Waals surface area contributed by atoms with Crippen molar-refractivity contribution in [1.82, 2.24) is 15.3 Å². The molecular formula is C18H19N3O2S. The third-order valence-corrected chi connectivity index (χ3v) is 4.77. The number of carbonyl (C=O) groups is 1. The highest BCUT2D eigenvalue weighted by atomic mass is 32.2. The largest absolute Gasteiger partial charge is 0.350 e. The topological polar surface area (TPSA) is 77.8 Å². The number of carbonyl (C=O) groups excluding carboxylic acids is 1. The quantitative estimate of drug-likeness (QED) is 0.603. The zero-order chi connectivity index (χ0) is 16.9. The van der Waals surface area contributed by atoms with Gasteiger partial charge in [-0.25, -0.2) is 4.79 Å². The van der Waals surface area contributed by atoms with Crippen LogP contribution in [-0.2, 0) is 4.79 Å². The number of hydrogen-bond donors (Lipinski definition) is 3. The molecule has 0 aliphatic heterocycles. The molecule has 1 heterocycles. The molecule has 1 amide bonds. The number of hydrogen-bond acceptors (Lipinski definition) is 3. The fourth-order valence-electron chi connectivity index (χ4n) is 2.49. The molecule has 0 radical (unpaired) electrons. The van der Waals surface area contributed by atoms with Crippen molar-refractivity contribution in [2.75, 3.05) is 5.75 Å². The standard InChI is InChI=1S/C18H19N3O2S/c1-12(13-7-8-15-16(11-13)21-18(23)20-15)19-17(22)9-10-24-14-5-3-2-4-6-14/h2-8,11-12H,9-10H2,1H3,(H,19,22)(H2,20,21,23)/t12-/m0/s1. The van der Waals surface area contributed by atoms with Crippen LogP contribution in [0.5, 0.6) is 0 Å². The Morgan fingerprint density at radius 2 is 1.88 bits per heavy atom. The number of amides is 1. The van der Waals surface area contributed by atoms with Gasteiger partial charge >= 0.3 is 5.69 Å². The Morgan fingerprint density at radius 1 is 1.12 bits per heavy atom. The molecule has 0 spiro atoms. The summed E-state index contributed by atoms with van der Waals surface area (Å²) in [4.78, 5) is 30.0. The Bertz CT molecular complexity index is 886. The average Bonchev–Trinajstić information content (AvgIpc) is 2.94. The second-order valence-electron chi connectivity index (χ2n) is 5.58. The van der Waals surface area contributed by atoms with Gasteiger partial charge in [0, 0.05) is 17.1 Å². The van der Waals surface area contributed by atoms with E-state index in [0.717, 1.165) is 22.3 Å². The van der Waals surface area contributed by atoms with Crippen molar-refractivity contribution in [2.24, 2.45) is 0 Å². The van der Waals surface area contributed by atoms with Crippen LogP contribution in [0, 0.1) is 0 Å².